The van der Waals surface area contributed by atoms with Gasteiger partial charge in [0, 0.05) is 6.08 Å². The van der Waals surface area contributed by atoms with Crippen LogP contribution in [0.1, 0.15) is 37.8 Å². The van der Waals surface area contributed by atoms with Crippen molar-refractivity contribution < 1.29 is 9.53 Å². The molecule has 2 nitrogen and oxygen atoms in total. The number of carbonyl (C=O) groups is 1. The normalized spacial score (nSPS) is 19.8. The molecule has 0 amide bonds. The summed E-state index contributed by atoms with van der Waals surface area (Å²) in [5.74, 6) is -0.269. The van der Waals surface area contributed by atoms with E-state index in [1.807, 2.05) is 6.07 Å². The molecule has 0 spiro atoms. The fraction of sp³-hybridized carbons (Fsp3) is 0.400. The van der Waals surface area contributed by atoms with Crippen LogP contribution < -0.4 is 0 Å². The van der Waals surface area contributed by atoms with Crippen LogP contribution in [0, 0.1) is 0 Å². The lowest BCUT2D eigenvalue weighted by atomic mass is 9.71. The van der Waals surface area contributed by atoms with Gasteiger partial charge in [-0.3, -0.25) is 0 Å². The van der Waals surface area contributed by atoms with E-state index in [1.54, 1.807) is 6.08 Å². The monoisotopic (exact) mass is 230 g/mol. The molecule has 0 unspecified atom stereocenters. The third-order valence-electron chi connectivity index (χ3n) is 3.51. The Bertz CT molecular complexity index is 470. The van der Waals surface area contributed by atoms with Crippen molar-refractivity contribution in [3.63, 3.8) is 0 Å². The molecule has 1 aromatic carbocycles. The zero-order valence-corrected chi connectivity index (χ0v) is 10.6. The molecule has 17 heavy (non-hydrogen) atoms. The van der Waals surface area contributed by atoms with E-state index < -0.39 is 0 Å². The molecule has 0 bridgehead atoms. The van der Waals surface area contributed by atoms with Crippen LogP contribution in [0.25, 0.3) is 5.57 Å². The Balaban J connectivity index is 2.49. The second kappa shape index (κ2) is 4.36. The van der Waals surface area contributed by atoms with Crippen molar-refractivity contribution in [3.8, 4) is 0 Å². The number of rotatable bonds is 1. The van der Waals surface area contributed by atoms with Gasteiger partial charge in [-0.2, -0.15) is 0 Å². The number of hydrogen-bond donors (Lipinski definition) is 0. The summed E-state index contributed by atoms with van der Waals surface area (Å²) < 4.78 is 4.70. The lowest BCUT2D eigenvalue weighted by Crippen LogP contribution is -2.23. The maximum absolute atomic E-state index is 11.4. The summed E-state index contributed by atoms with van der Waals surface area (Å²) in [7, 11) is 1.41. The number of carbonyl (C=O) groups excluding carboxylic acids is 1. The number of hydrogen-bond acceptors (Lipinski definition) is 2. The first-order valence-corrected chi connectivity index (χ1v) is 5.93. The fourth-order valence-electron chi connectivity index (χ4n) is 2.42. The van der Waals surface area contributed by atoms with Crippen molar-refractivity contribution in [2.24, 2.45) is 0 Å². The third kappa shape index (κ3) is 2.26. The van der Waals surface area contributed by atoms with Gasteiger partial charge in [0.25, 0.3) is 0 Å². The molecular weight excluding hydrogens is 212 g/mol. The van der Waals surface area contributed by atoms with Crippen LogP contribution in [-0.4, -0.2) is 13.1 Å². The van der Waals surface area contributed by atoms with Crippen molar-refractivity contribution >= 4 is 11.5 Å². The van der Waals surface area contributed by atoms with E-state index in [-0.39, 0.29) is 11.4 Å². The Hall–Kier alpha value is -1.57. The lowest BCUT2D eigenvalue weighted by molar-refractivity contribution is -0.134. The second-order valence-corrected chi connectivity index (χ2v) is 5.12. The molecule has 1 aliphatic rings. The highest BCUT2D eigenvalue weighted by atomic mass is 16.5. The van der Waals surface area contributed by atoms with Crippen LogP contribution in [0.15, 0.2) is 30.3 Å². The molecule has 2 heteroatoms. The van der Waals surface area contributed by atoms with Crippen molar-refractivity contribution in [3.05, 3.63) is 41.5 Å². The molecule has 2 rings (SSSR count). The summed E-state index contributed by atoms with van der Waals surface area (Å²) in [6.07, 6.45) is 3.61. The van der Waals surface area contributed by atoms with Crippen LogP contribution in [0.4, 0.5) is 0 Å². The molecule has 0 aliphatic heterocycles. The number of allylic oxidation sites excluding steroid dienone is 1. The van der Waals surface area contributed by atoms with E-state index >= 15 is 0 Å². The van der Waals surface area contributed by atoms with Gasteiger partial charge in [0.2, 0.25) is 0 Å². The smallest absolute Gasteiger partial charge is 0.330 e. The Morgan fingerprint density at radius 3 is 2.76 bits per heavy atom. The Morgan fingerprint density at radius 1 is 1.35 bits per heavy atom. The largest absolute Gasteiger partial charge is 0.466 e. The molecule has 0 fully saturated rings. The number of benzene rings is 1. The van der Waals surface area contributed by atoms with E-state index in [0.717, 1.165) is 18.4 Å². The fourth-order valence-corrected chi connectivity index (χ4v) is 2.42. The van der Waals surface area contributed by atoms with Crippen LogP contribution >= 0.6 is 0 Å². The van der Waals surface area contributed by atoms with Gasteiger partial charge in [-0.25, -0.2) is 4.79 Å². The van der Waals surface area contributed by atoms with Gasteiger partial charge >= 0.3 is 5.97 Å². The minimum absolute atomic E-state index is 0.185. The van der Waals surface area contributed by atoms with E-state index in [4.69, 9.17) is 4.74 Å². The molecule has 0 saturated heterocycles. The third-order valence-corrected chi connectivity index (χ3v) is 3.51. The zero-order valence-electron chi connectivity index (χ0n) is 10.6. The van der Waals surface area contributed by atoms with Gasteiger partial charge in [0.1, 0.15) is 0 Å². The van der Waals surface area contributed by atoms with Gasteiger partial charge in [0.05, 0.1) is 7.11 Å². The summed E-state index contributed by atoms with van der Waals surface area (Å²) in [5, 5.41) is 0. The lowest BCUT2D eigenvalue weighted by Gasteiger charge is -2.33. The summed E-state index contributed by atoms with van der Waals surface area (Å²) in [4.78, 5) is 11.4. The predicted octanol–water partition coefficient (Wildman–Crippen LogP) is 3.31. The minimum Gasteiger partial charge on any atom is -0.466 e. The molecule has 0 heterocycles. The first-order chi connectivity index (χ1) is 8.04. The standard InChI is InChI=1S/C15H18O2/c1-15(2)9-8-11(10-14(16)17-3)12-6-4-5-7-13(12)15/h4-7,10H,8-9H2,1-3H3/b11-10-. The minimum atomic E-state index is -0.269. The number of methoxy groups -OCH3 is 1. The molecule has 90 valence electrons. The summed E-state index contributed by atoms with van der Waals surface area (Å²) in [6, 6.07) is 8.32. The molecule has 0 N–H and O–H groups in total. The SMILES string of the molecule is COC(=O)/C=C1/CCC(C)(C)c2ccccc21. The summed E-state index contributed by atoms with van der Waals surface area (Å²) >= 11 is 0. The van der Waals surface area contributed by atoms with Crippen molar-refractivity contribution in [2.45, 2.75) is 32.1 Å². The molecule has 0 aromatic heterocycles. The highest BCUT2D eigenvalue weighted by Crippen LogP contribution is 2.41. The number of esters is 1. The molecule has 0 saturated carbocycles. The van der Waals surface area contributed by atoms with Gasteiger partial charge in [0.15, 0.2) is 0 Å². The first-order valence-electron chi connectivity index (χ1n) is 5.93. The number of ether oxygens (including phenoxy) is 1. The number of fused-ring (bicyclic) bond motifs is 1. The maximum Gasteiger partial charge on any atom is 0.330 e. The Labute approximate surface area is 102 Å². The molecule has 1 aromatic rings. The average Bonchev–Trinajstić information content (AvgIpc) is 2.33. The van der Waals surface area contributed by atoms with E-state index in [2.05, 4.69) is 32.0 Å². The van der Waals surface area contributed by atoms with Gasteiger partial charge in [-0.05, 0) is 35.0 Å². The van der Waals surface area contributed by atoms with E-state index in [1.165, 1.54) is 18.2 Å². The highest BCUT2D eigenvalue weighted by molar-refractivity contribution is 5.92. The topological polar surface area (TPSA) is 26.3 Å². The maximum atomic E-state index is 11.4. The molecule has 0 atom stereocenters. The second-order valence-electron chi connectivity index (χ2n) is 5.12. The van der Waals surface area contributed by atoms with Crippen LogP contribution in [0.5, 0.6) is 0 Å². The Kier molecular flexibility index (Phi) is 3.05. The van der Waals surface area contributed by atoms with Crippen LogP contribution in [-0.2, 0) is 14.9 Å². The van der Waals surface area contributed by atoms with Gasteiger partial charge in [-0.15, -0.1) is 0 Å². The first kappa shape index (κ1) is 11.9. The van der Waals surface area contributed by atoms with Crippen molar-refractivity contribution in [1.29, 1.82) is 0 Å². The van der Waals surface area contributed by atoms with E-state index in [9.17, 15) is 4.79 Å². The quantitative estimate of drug-likeness (QED) is 0.546. The van der Waals surface area contributed by atoms with Gasteiger partial charge in [-0.1, -0.05) is 38.1 Å². The molecule has 1 aliphatic carbocycles. The Morgan fingerprint density at radius 2 is 2.06 bits per heavy atom. The van der Waals surface area contributed by atoms with Crippen molar-refractivity contribution in [2.75, 3.05) is 7.11 Å². The molecular formula is C15H18O2. The van der Waals surface area contributed by atoms with E-state index in [0.29, 0.717) is 0 Å². The summed E-state index contributed by atoms with van der Waals surface area (Å²) in [6.45, 7) is 4.50. The predicted molar refractivity (Wildman–Crippen MR) is 68.7 cm³/mol. The average molecular weight is 230 g/mol. The summed E-state index contributed by atoms with van der Waals surface area (Å²) in [5.41, 5.74) is 3.78. The molecule has 0 radical (unpaired) electrons. The zero-order chi connectivity index (χ0) is 12.5. The highest BCUT2D eigenvalue weighted by Gasteiger charge is 2.29. The van der Waals surface area contributed by atoms with Gasteiger partial charge < -0.3 is 4.74 Å². The van der Waals surface area contributed by atoms with Crippen LogP contribution in [0.2, 0.25) is 0 Å². The van der Waals surface area contributed by atoms with Crippen LogP contribution in [0.3, 0.4) is 0 Å². The van der Waals surface area contributed by atoms with Crippen molar-refractivity contribution in [1.82, 2.24) is 0 Å².